The summed E-state index contributed by atoms with van der Waals surface area (Å²) in [5.74, 6) is 0.749. The van der Waals surface area contributed by atoms with E-state index in [-0.39, 0.29) is 5.38 Å². The molecule has 0 aliphatic heterocycles. The summed E-state index contributed by atoms with van der Waals surface area (Å²) in [6.07, 6.45) is 4.92. The van der Waals surface area contributed by atoms with E-state index in [1.165, 1.54) is 29.2 Å². The molecular weight excluding hydrogens is 280 g/mol. The molecule has 0 heterocycles. The van der Waals surface area contributed by atoms with E-state index in [0.29, 0.717) is 6.10 Å². The zero-order valence-electron chi connectivity index (χ0n) is 12.6. The molecule has 0 radical (unpaired) electrons. The number of hydrogen-bond donors (Lipinski definition) is 0. The highest BCUT2D eigenvalue weighted by molar-refractivity contribution is 6.20. The van der Waals surface area contributed by atoms with Crippen molar-refractivity contribution in [1.29, 1.82) is 0 Å². The van der Waals surface area contributed by atoms with Crippen LogP contribution in [-0.2, 0) is 11.2 Å². The Labute approximate surface area is 132 Å². The van der Waals surface area contributed by atoms with E-state index in [1.807, 2.05) is 0 Å². The van der Waals surface area contributed by atoms with E-state index < -0.39 is 0 Å². The van der Waals surface area contributed by atoms with Gasteiger partial charge in [-0.1, -0.05) is 42.5 Å². The van der Waals surface area contributed by atoms with E-state index in [4.69, 9.17) is 16.3 Å². The minimum absolute atomic E-state index is 0.225. The van der Waals surface area contributed by atoms with E-state index in [1.54, 1.807) is 0 Å². The van der Waals surface area contributed by atoms with E-state index in [9.17, 15) is 0 Å². The van der Waals surface area contributed by atoms with Gasteiger partial charge in [0.15, 0.2) is 0 Å². The van der Waals surface area contributed by atoms with Crippen LogP contribution in [0.1, 0.15) is 31.7 Å². The van der Waals surface area contributed by atoms with Crippen molar-refractivity contribution in [2.45, 2.75) is 44.1 Å². The summed E-state index contributed by atoms with van der Waals surface area (Å²) in [7, 11) is 0. The largest absolute Gasteiger partial charge is 0.378 e. The summed E-state index contributed by atoms with van der Waals surface area (Å²) >= 11 is 6.61. The van der Waals surface area contributed by atoms with E-state index in [2.05, 4.69) is 49.4 Å². The topological polar surface area (TPSA) is 9.23 Å². The van der Waals surface area contributed by atoms with Gasteiger partial charge in [-0.15, -0.1) is 11.6 Å². The number of rotatable bonds is 6. The number of ether oxygens (including phenoxy) is 1. The molecule has 0 amide bonds. The minimum atomic E-state index is 0.225. The van der Waals surface area contributed by atoms with Crippen LogP contribution in [0.25, 0.3) is 10.8 Å². The first-order valence-corrected chi connectivity index (χ1v) is 8.42. The number of benzene rings is 2. The summed E-state index contributed by atoms with van der Waals surface area (Å²) in [5, 5.41) is 2.87. The number of halogens is 1. The molecule has 1 unspecified atom stereocenters. The van der Waals surface area contributed by atoms with Gasteiger partial charge in [-0.05, 0) is 54.9 Å². The lowest BCUT2D eigenvalue weighted by molar-refractivity contribution is -0.0266. The summed E-state index contributed by atoms with van der Waals surface area (Å²) in [6.45, 7) is 2.90. The Kier molecular flexibility index (Phi) is 4.82. The molecule has 0 bridgehead atoms. The highest BCUT2D eigenvalue weighted by Gasteiger charge is 2.30. The molecule has 112 valence electrons. The van der Waals surface area contributed by atoms with Gasteiger partial charge in [-0.25, -0.2) is 0 Å². The smallest absolute Gasteiger partial charge is 0.0580 e. The van der Waals surface area contributed by atoms with Gasteiger partial charge in [0, 0.05) is 12.0 Å². The van der Waals surface area contributed by atoms with Crippen LogP contribution >= 0.6 is 11.6 Å². The molecule has 2 aromatic rings. The lowest BCUT2D eigenvalue weighted by atomic mass is 9.78. The van der Waals surface area contributed by atoms with Crippen molar-refractivity contribution >= 4 is 22.4 Å². The maximum absolute atomic E-state index is 6.61. The van der Waals surface area contributed by atoms with Crippen LogP contribution in [0.2, 0.25) is 0 Å². The maximum Gasteiger partial charge on any atom is 0.0580 e. The molecule has 1 aliphatic carbocycles. The second kappa shape index (κ2) is 6.81. The first-order valence-electron chi connectivity index (χ1n) is 7.98. The lowest BCUT2D eigenvalue weighted by Gasteiger charge is -2.36. The Bertz CT molecular complexity index is 584. The van der Waals surface area contributed by atoms with Gasteiger partial charge < -0.3 is 4.74 Å². The predicted molar refractivity (Wildman–Crippen MR) is 90.0 cm³/mol. The Morgan fingerprint density at radius 1 is 1.14 bits per heavy atom. The molecule has 2 heteroatoms. The molecule has 3 rings (SSSR count). The third kappa shape index (κ3) is 3.59. The van der Waals surface area contributed by atoms with Crippen molar-refractivity contribution in [3.63, 3.8) is 0 Å². The molecule has 0 saturated heterocycles. The summed E-state index contributed by atoms with van der Waals surface area (Å²) < 4.78 is 5.62. The van der Waals surface area contributed by atoms with Crippen molar-refractivity contribution in [3.8, 4) is 0 Å². The first kappa shape index (κ1) is 14.9. The normalized spacial score (nSPS) is 23.0. The Morgan fingerprint density at radius 3 is 2.71 bits per heavy atom. The fraction of sp³-hybridized carbons (Fsp3) is 0.474. The van der Waals surface area contributed by atoms with Crippen molar-refractivity contribution < 1.29 is 4.74 Å². The quantitative estimate of drug-likeness (QED) is 0.667. The van der Waals surface area contributed by atoms with Gasteiger partial charge in [-0.3, -0.25) is 0 Å². The van der Waals surface area contributed by atoms with Crippen LogP contribution in [0.15, 0.2) is 42.5 Å². The van der Waals surface area contributed by atoms with Gasteiger partial charge >= 0.3 is 0 Å². The Morgan fingerprint density at radius 2 is 1.90 bits per heavy atom. The van der Waals surface area contributed by atoms with Crippen LogP contribution in [-0.4, -0.2) is 18.1 Å². The van der Waals surface area contributed by atoms with Gasteiger partial charge in [0.1, 0.15) is 0 Å². The van der Waals surface area contributed by atoms with Crippen LogP contribution in [0.3, 0.4) is 0 Å². The molecular formula is C19H23ClO. The summed E-state index contributed by atoms with van der Waals surface area (Å²) in [5.41, 5.74) is 1.37. The summed E-state index contributed by atoms with van der Waals surface area (Å²) in [6, 6.07) is 15.1. The third-order valence-corrected chi connectivity index (χ3v) is 4.84. The molecule has 2 aromatic carbocycles. The van der Waals surface area contributed by atoms with E-state index >= 15 is 0 Å². The fourth-order valence-electron chi connectivity index (χ4n) is 3.39. The van der Waals surface area contributed by atoms with Gasteiger partial charge in [0.25, 0.3) is 0 Å². The second-order valence-electron chi connectivity index (χ2n) is 6.09. The van der Waals surface area contributed by atoms with E-state index in [0.717, 1.165) is 25.4 Å². The highest BCUT2D eigenvalue weighted by Crippen LogP contribution is 2.35. The third-order valence-electron chi connectivity index (χ3n) is 4.51. The van der Waals surface area contributed by atoms with Crippen molar-refractivity contribution in [2.24, 2.45) is 5.92 Å². The van der Waals surface area contributed by atoms with Gasteiger partial charge in [0.05, 0.1) is 6.10 Å². The predicted octanol–water partition coefficient (Wildman–Crippen LogP) is 5.19. The van der Waals surface area contributed by atoms with Gasteiger partial charge in [-0.2, -0.15) is 0 Å². The minimum Gasteiger partial charge on any atom is -0.378 e. The van der Waals surface area contributed by atoms with Crippen LogP contribution in [0.5, 0.6) is 0 Å². The Hall–Kier alpha value is -1.05. The zero-order valence-corrected chi connectivity index (χ0v) is 13.4. The molecule has 0 N–H and O–H groups in total. The fourth-order valence-corrected chi connectivity index (χ4v) is 3.81. The van der Waals surface area contributed by atoms with Crippen molar-refractivity contribution in [3.05, 3.63) is 48.0 Å². The monoisotopic (exact) mass is 302 g/mol. The number of hydrogen-bond acceptors (Lipinski definition) is 1. The van der Waals surface area contributed by atoms with Crippen molar-refractivity contribution in [2.75, 3.05) is 6.61 Å². The van der Waals surface area contributed by atoms with Crippen LogP contribution < -0.4 is 0 Å². The standard InChI is InChI=1S/C19H23ClO/c1-2-21-18-11-14(12-18)10-17(20)13-16-8-5-7-15-6-3-4-9-19(15)16/h3-9,14,17-18H,2,10-13H2,1H3. The Balaban J connectivity index is 1.58. The zero-order chi connectivity index (χ0) is 14.7. The summed E-state index contributed by atoms with van der Waals surface area (Å²) in [4.78, 5) is 0. The maximum atomic E-state index is 6.61. The number of fused-ring (bicyclic) bond motifs is 1. The molecule has 1 nitrogen and oxygen atoms in total. The number of alkyl halides is 1. The molecule has 1 aliphatic rings. The first-order chi connectivity index (χ1) is 10.3. The molecule has 21 heavy (non-hydrogen) atoms. The molecule has 0 aromatic heterocycles. The average molecular weight is 303 g/mol. The highest BCUT2D eigenvalue weighted by atomic mass is 35.5. The van der Waals surface area contributed by atoms with Crippen molar-refractivity contribution in [1.82, 2.24) is 0 Å². The molecule has 0 spiro atoms. The van der Waals surface area contributed by atoms with Gasteiger partial charge in [0.2, 0.25) is 0 Å². The molecule has 1 saturated carbocycles. The second-order valence-corrected chi connectivity index (χ2v) is 6.71. The van der Waals surface area contributed by atoms with Crippen LogP contribution in [0.4, 0.5) is 0 Å². The average Bonchev–Trinajstić information content (AvgIpc) is 2.45. The molecule has 1 fully saturated rings. The van der Waals surface area contributed by atoms with Crippen LogP contribution in [0, 0.1) is 5.92 Å². The lowest BCUT2D eigenvalue weighted by Crippen LogP contribution is -2.33. The SMILES string of the molecule is CCOC1CC(CC(Cl)Cc2cccc3ccccc23)C1. The molecule has 1 atom stereocenters.